The van der Waals surface area contributed by atoms with E-state index >= 15 is 0 Å². The molecule has 0 bridgehead atoms. The molecule has 0 unspecified atom stereocenters. The van der Waals surface area contributed by atoms with Gasteiger partial charge in [0.1, 0.15) is 0 Å². The van der Waals surface area contributed by atoms with Gasteiger partial charge in [0.05, 0.1) is 6.04 Å². The quantitative estimate of drug-likeness (QED) is 0.833. The second-order valence-corrected chi connectivity index (χ2v) is 6.44. The number of aryl methyl sites for hydroxylation is 2. The van der Waals surface area contributed by atoms with E-state index < -0.39 is 0 Å². The summed E-state index contributed by atoms with van der Waals surface area (Å²) < 4.78 is 0. The maximum absolute atomic E-state index is 12.7. The Labute approximate surface area is 138 Å². The lowest BCUT2D eigenvalue weighted by Gasteiger charge is -2.26. The van der Waals surface area contributed by atoms with Gasteiger partial charge in [0, 0.05) is 12.2 Å². The molecule has 1 aliphatic heterocycles. The van der Waals surface area contributed by atoms with Crippen molar-refractivity contribution in [2.24, 2.45) is 0 Å². The van der Waals surface area contributed by atoms with Crippen molar-refractivity contribution in [3.63, 3.8) is 0 Å². The van der Waals surface area contributed by atoms with Crippen molar-refractivity contribution in [3.05, 3.63) is 64.7 Å². The first-order valence-electron chi connectivity index (χ1n) is 8.26. The average molecular weight is 308 g/mol. The van der Waals surface area contributed by atoms with Crippen molar-refractivity contribution in [1.29, 1.82) is 0 Å². The minimum atomic E-state index is 0.00164. The number of nitrogens with one attached hydrogen (secondary N) is 1. The second-order valence-electron chi connectivity index (χ2n) is 6.44. The van der Waals surface area contributed by atoms with Gasteiger partial charge in [-0.25, -0.2) is 4.79 Å². The van der Waals surface area contributed by atoms with Crippen LogP contribution >= 0.6 is 0 Å². The first-order valence-corrected chi connectivity index (χ1v) is 8.26. The molecule has 3 rings (SSSR count). The van der Waals surface area contributed by atoms with Crippen molar-refractivity contribution in [1.82, 2.24) is 4.90 Å². The van der Waals surface area contributed by atoms with E-state index in [9.17, 15) is 4.79 Å². The first kappa shape index (κ1) is 15.6. The highest BCUT2D eigenvalue weighted by molar-refractivity contribution is 5.90. The molecule has 120 valence electrons. The molecule has 0 saturated carbocycles. The van der Waals surface area contributed by atoms with Gasteiger partial charge in [0.25, 0.3) is 0 Å². The molecule has 1 atom stereocenters. The summed E-state index contributed by atoms with van der Waals surface area (Å²) in [5, 5.41) is 3.09. The summed E-state index contributed by atoms with van der Waals surface area (Å²) in [4.78, 5) is 14.7. The molecule has 1 aliphatic rings. The van der Waals surface area contributed by atoms with Crippen molar-refractivity contribution < 1.29 is 4.79 Å². The van der Waals surface area contributed by atoms with Crippen LogP contribution in [0.3, 0.4) is 0 Å². The van der Waals surface area contributed by atoms with Crippen molar-refractivity contribution in [2.45, 2.75) is 39.7 Å². The molecule has 2 aromatic rings. The van der Waals surface area contributed by atoms with Gasteiger partial charge in [-0.15, -0.1) is 0 Å². The molecule has 2 amide bonds. The smallest absolute Gasteiger partial charge is 0.317 e. The molecular formula is C20H24N2O. The van der Waals surface area contributed by atoms with Crippen LogP contribution in [-0.2, 0) is 0 Å². The normalized spacial score (nSPS) is 17.3. The first-order chi connectivity index (χ1) is 11.1. The maximum atomic E-state index is 12.7. The van der Waals surface area contributed by atoms with Crippen LogP contribution in [-0.4, -0.2) is 17.5 Å². The van der Waals surface area contributed by atoms with Crippen LogP contribution in [0.2, 0.25) is 0 Å². The molecule has 1 N–H and O–H groups in total. The topological polar surface area (TPSA) is 32.3 Å². The van der Waals surface area contributed by atoms with E-state index in [1.165, 1.54) is 16.7 Å². The molecule has 3 heteroatoms. The number of likely N-dealkylation sites (tertiary alicyclic amines) is 1. The SMILES string of the molecule is Cc1ccc([C@H]2CCCN2C(=O)Nc2cccc(C)c2C)cc1. The van der Waals surface area contributed by atoms with E-state index in [0.29, 0.717) is 0 Å². The third-order valence-corrected chi connectivity index (χ3v) is 4.82. The summed E-state index contributed by atoms with van der Waals surface area (Å²) in [6.45, 7) is 7.01. The van der Waals surface area contributed by atoms with E-state index in [1.54, 1.807) is 0 Å². The van der Waals surface area contributed by atoms with E-state index in [0.717, 1.165) is 30.6 Å². The van der Waals surface area contributed by atoms with Gasteiger partial charge in [-0.05, 0) is 56.4 Å². The van der Waals surface area contributed by atoms with Crippen LogP contribution in [0, 0.1) is 20.8 Å². The number of hydrogen-bond acceptors (Lipinski definition) is 1. The van der Waals surface area contributed by atoms with E-state index in [-0.39, 0.29) is 12.1 Å². The van der Waals surface area contributed by atoms with Crippen LogP contribution in [0.5, 0.6) is 0 Å². The fourth-order valence-corrected chi connectivity index (χ4v) is 3.22. The Bertz CT molecular complexity index is 706. The Kier molecular flexibility index (Phi) is 4.37. The molecule has 1 heterocycles. The van der Waals surface area contributed by atoms with E-state index in [1.807, 2.05) is 24.0 Å². The van der Waals surface area contributed by atoms with Crippen LogP contribution in [0.1, 0.15) is 41.1 Å². The summed E-state index contributed by atoms with van der Waals surface area (Å²) in [6.07, 6.45) is 2.09. The lowest BCUT2D eigenvalue weighted by atomic mass is 10.0. The van der Waals surface area contributed by atoms with Crippen LogP contribution < -0.4 is 5.32 Å². The van der Waals surface area contributed by atoms with Gasteiger partial charge in [-0.1, -0.05) is 42.0 Å². The molecule has 23 heavy (non-hydrogen) atoms. The molecule has 2 aromatic carbocycles. The number of carbonyl (C=O) groups is 1. The monoisotopic (exact) mass is 308 g/mol. The number of carbonyl (C=O) groups excluding carboxylic acids is 1. The zero-order chi connectivity index (χ0) is 16.4. The van der Waals surface area contributed by atoms with Gasteiger partial charge < -0.3 is 10.2 Å². The van der Waals surface area contributed by atoms with Crippen molar-refractivity contribution in [2.75, 3.05) is 11.9 Å². The van der Waals surface area contributed by atoms with Gasteiger partial charge in [0.2, 0.25) is 0 Å². The van der Waals surface area contributed by atoms with Crippen molar-refractivity contribution >= 4 is 11.7 Å². The minimum Gasteiger partial charge on any atom is -0.317 e. The molecule has 0 aromatic heterocycles. The Balaban J connectivity index is 1.78. The van der Waals surface area contributed by atoms with Gasteiger partial charge in [0.15, 0.2) is 0 Å². The fourth-order valence-electron chi connectivity index (χ4n) is 3.22. The third-order valence-electron chi connectivity index (χ3n) is 4.82. The largest absolute Gasteiger partial charge is 0.322 e. The number of hydrogen-bond donors (Lipinski definition) is 1. The highest BCUT2D eigenvalue weighted by atomic mass is 16.2. The van der Waals surface area contributed by atoms with Crippen LogP contribution in [0.4, 0.5) is 10.5 Å². The molecule has 0 aliphatic carbocycles. The summed E-state index contributed by atoms with van der Waals surface area (Å²) in [6, 6.07) is 14.7. The summed E-state index contributed by atoms with van der Waals surface area (Å²) >= 11 is 0. The number of urea groups is 1. The summed E-state index contributed by atoms with van der Waals surface area (Å²) in [5.41, 5.74) is 5.71. The number of amides is 2. The summed E-state index contributed by atoms with van der Waals surface area (Å²) in [5.74, 6) is 0. The Hall–Kier alpha value is -2.29. The number of anilines is 1. The Morgan fingerprint density at radius 1 is 1.09 bits per heavy atom. The minimum absolute atomic E-state index is 0.00164. The van der Waals surface area contributed by atoms with Crippen LogP contribution in [0.25, 0.3) is 0 Å². The predicted octanol–water partition coefficient (Wildman–Crippen LogP) is 4.98. The second kappa shape index (κ2) is 6.45. The molecule has 1 fully saturated rings. The molecular weight excluding hydrogens is 284 g/mol. The maximum Gasteiger partial charge on any atom is 0.322 e. The third kappa shape index (κ3) is 3.24. The predicted molar refractivity (Wildman–Crippen MR) is 94.8 cm³/mol. The lowest BCUT2D eigenvalue weighted by Crippen LogP contribution is -2.34. The van der Waals surface area contributed by atoms with Gasteiger partial charge >= 0.3 is 6.03 Å². The standard InChI is InChI=1S/C20H24N2O/c1-14-9-11-17(12-10-14)19-8-5-13-22(19)20(23)21-18-7-4-6-15(2)16(18)3/h4,6-7,9-12,19H,5,8,13H2,1-3H3,(H,21,23)/t19-/m1/s1. The van der Waals surface area contributed by atoms with E-state index in [4.69, 9.17) is 0 Å². The van der Waals surface area contributed by atoms with Crippen molar-refractivity contribution in [3.8, 4) is 0 Å². The molecule has 0 radical (unpaired) electrons. The van der Waals surface area contributed by atoms with E-state index in [2.05, 4.69) is 49.5 Å². The van der Waals surface area contributed by atoms with Gasteiger partial charge in [-0.3, -0.25) is 0 Å². The zero-order valence-electron chi connectivity index (χ0n) is 14.1. The molecule has 3 nitrogen and oxygen atoms in total. The lowest BCUT2D eigenvalue weighted by molar-refractivity contribution is 0.207. The number of rotatable bonds is 2. The fraction of sp³-hybridized carbons (Fsp3) is 0.350. The average Bonchev–Trinajstić information content (AvgIpc) is 3.02. The number of benzene rings is 2. The number of nitrogens with zero attached hydrogens (tertiary/aromatic N) is 1. The Morgan fingerprint density at radius 2 is 1.83 bits per heavy atom. The molecule has 1 saturated heterocycles. The van der Waals surface area contributed by atoms with Crippen LogP contribution in [0.15, 0.2) is 42.5 Å². The Morgan fingerprint density at radius 3 is 2.57 bits per heavy atom. The van der Waals surface area contributed by atoms with Gasteiger partial charge in [-0.2, -0.15) is 0 Å². The summed E-state index contributed by atoms with van der Waals surface area (Å²) in [7, 11) is 0. The highest BCUT2D eigenvalue weighted by Gasteiger charge is 2.30. The zero-order valence-corrected chi connectivity index (χ0v) is 14.1. The molecule has 0 spiro atoms. The highest BCUT2D eigenvalue weighted by Crippen LogP contribution is 2.32.